The number of hydroxylamine groups is 2. The molecule has 0 spiro atoms. The molecule has 1 fully saturated rings. The molecule has 0 radical (unpaired) electrons. The molecule has 18 heavy (non-hydrogen) atoms. The van der Waals surface area contributed by atoms with Crippen molar-refractivity contribution in [3.05, 3.63) is 35.9 Å². The van der Waals surface area contributed by atoms with Crippen LogP contribution in [0.25, 0.3) is 0 Å². The fourth-order valence-corrected chi connectivity index (χ4v) is 2.69. The molecule has 1 saturated carbocycles. The van der Waals surface area contributed by atoms with Crippen LogP contribution in [-0.2, 0) is 11.3 Å². The van der Waals surface area contributed by atoms with E-state index in [1.54, 1.807) is 0 Å². The van der Waals surface area contributed by atoms with Gasteiger partial charge >= 0.3 is 0 Å². The summed E-state index contributed by atoms with van der Waals surface area (Å²) in [6.45, 7) is 2.25. The first kappa shape index (κ1) is 13.1. The SMILES string of the molecule is CC1(C(=O)N(O)Cc2ccccc2)CCCCC1. The predicted molar refractivity (Wildman–Crippen MR) is 70.0 cm³/mol. The Morgan fingerprint density at radius 3 is 2.44 bits per heavy atom. The standard InChI is InChI=1S/C15H21NO2/c1-15(10-6-3-7-11-15)14(17)16(18)12-13-8-4-2-5-9-13/h2,4-5,8-9,18H,3,6-7,10-12H2,1H3. The molecule has 1 aromatic carbocycles. The minimum atomic E-state index is -0.373. The number of carbonyl (C=O) groups is 1. The lowest BCUT2D eigenvalue weighted by atomic mass is 9.75. The van der Waals surface area contributed by atoms with Gasteiger partial charge in [-0.25, -0.2) is 5.06 Å². The Kier molecular flexibility index (Phi) is 4.02. The highest BCUT2D eigenvalue weighted by molar-refractivity contribution is 5.81. The summed E-state index contributed by atoms with van der Waals surface area (Å²) >= 11 is 0. The summed E-state index contributed by atoms with van der Waals surface area (Å²) in [6, 6.07) is 9.58. The smallest absolute Gasteiger partial charge is 0.252 e. The lowest BCUT2D eigenvalue weighted by Gasteiger charge is -2.34. The van der Waals surface area contributed by atoms with Gasteiger partial charge < -0.3 is 0 Å². The number of hydrogen-bond acceptors (Lipinski definition) is 2. The first-order valence-corrected chi connectivity index (χ1v) is 6.67. The van der Waals surface area contributed by atoms with E-state index in [0.29, 0.717) is 0 Å². The molecule has 3 nitrogen and oxygen atoms in total. The van der Waals surface area contributed by atoms with E-state index < -0.39 is 0 Å². The second-order valence-corrected chi connectivity index (χ2v) is 5.47. The van der Waals surface area contributed by atoms with Crippen molar-refractivity contribution in [2.24, 2.45) is 5.41 Å². The Hall–Kier alpha value is -1.35. The molecule has 1 aliphatic carbocycles. The maximum absolute atomic E-state index is 12.3. The van der Waals surface area contributed by atoms with Crippen LogP contribution in [0.1, 0.15) is 44.6 Å². The minimum absolute atomic E-state index is 0.133. The first-order chi connectivity index (χ1) is 8.62. The zero-order valence-corrected chi connectivity index (χ0v) is 10.9. The van der Waals surface area contributed by atoms with Gasteiger partial charge in [0.25, 0.3) is 5.91 Å². The van der Waals surface area contributed by atoms with E-state index in [9.17, 15) is 10.0 Å². The molecular weight excluding hydrogens is 226 g/mol. The maximum atomic E-state index is 12.3. The highest BCUT2D eigenvalue weighted by Crippen LogP contribution is 2.37. The highest BCUT2D eigenvalue weighted by atomic mass is 16.5. The van der Waals surface area contributed by atoms with Crippen LogP contribution in [0.3, 0.4) is 0 Å². The molecule has 0 saturated heterocycles. The third kappa shape index (κ3) is 2.91. The Labute approximate surface area is 108 Å². The maximum Gasteiger partial charge on any atom is 0.252 e. The summed E-state index contributed by atoms with van der Waals surface area (Å²) in [5.41, 5.74) is 0.578. The topological polar surface area (TPSA) is 40.5 Å². The number of carbonyl (C=O) groups excluding carboxylic acids is 1. The quantitative estimate of drug-likeness (QED) is 0.657. The third-order valence-electron chi connectivity index (χ3n) is 3.88. The van der Waals surface area contributed by atoms with Crippen LogP contribution in [0.2, 0.25) is 0 Å². The Morgan fingerprint density at radius 2 is 1.83 bits per heavy atom. The second kappa shape index (κ2) is 5.53. The number of rotatable bonds is 3. The molecule has 2 rings (SSSR count). The molecule has 1 aliphatic rings. The van der Waals surface area contributed by atoms with E-state index in [1.165, 1.54) is 6.42 Å². The van der Waals surface area contributed by atoms with Crippen LogP contribution in [0.4, 0.5) is 0 Å². The molecule has 0 aliphatic heterocycles. The summed E-state index contributed by atoms with van der Waals surface area (Å²) in [7, 11) is 0. The van der Waals surface area contributed by atoms with Crippen molar-refractivity contribution in [1.82, 2.24) is 5.06 Å². The van der Waals surface area contributed by atoms with E-state index in [0.717, 1.165) is 36.3 Å². The van der Waals surface area contributed by atoms with E-state index in [2.05, 4.69) is 0 Å². The lowest BCUT2D eigenvalue weighted by Crippen LogP contribution is -2.41. The van der Waals surface area contributed by atoms with Crippen LogP contribution >= 0.6 is 0 Å². The van der Waals surface area contributed by atoms with E-state index >= 15 is 0 Å². The van der Waals surface area contributed by atoms with Gasteiger partial charge in [0.15, 0.2) is 0 Å². The average molecular weight is 247 g/mol. The summed E-state index contributed by atoms with van der Waals surface area (Å²) < 4.78 is 0. The molecule has 0 bridgehead atoms. The summed E-state index contributed by atoms with van der Waals surface area (Å²) in [5, 5.41) is 10.9. The van der Waals surface area contributed by atoms with Crippen LogP contribution in [0.15, 0.2) is 30.3 Å². The zero-order valence-electron chi connectivity index (χ0n) is 10.9. The van der Waals surface area contributed by atoms with Gasteiger partial charge in [-0.15, -0.1) is 0 Å². The predicted octanol–water partition coefficient (Wildman–Crippen LogP) is 3.37. The fourth-order valence-electron chi connectivity index (χ4n) is 2.69. The summed E-state index contributed by atoms with van der Waals surface area (Å²) in [6.07, 6.45) is 5.14. The average Bonchev–Trinajstić information content (AvgIpc) is 2.40. The van der Waals surface area contributed by atoms with Gasteiger partial charge in [0.2, 0.25) is 0 Å². The number of hydrogen-bond donors (Lipinski definition) is 1. The van der Waals surface area contributed by atoms with E-state index in [-0.39, 0.29) is 17.9 Å². The van der Waals surface area contributed by atoms with Crippen molar-refractivity contribution in [3.63, 3.8) is 0 Å². The van der Waals surface area contributed by atoms with Crippen LogP contribution in [0, 0.1) is 5.41 Å². The van der Waals surface area contributed by atoms with Crippen LogP contribution in [0.5, 0.6) is 0 Å². The monoisotopic (exact) mass is 247 g/mol. The largest absolute Gasteiger partial charge is 0.286 e. The van der Waals surface area contributed by atoms with Crippen molar-refractivity contribution >= 4 is 5.91 Å². The molecule has 1 amide bonds. The molecule has 0 atom stereocenters. The van der Waals surface area contributed by atoms with Crippen molar-refractivity contribution in [2.45, 2.75) is 45.6 Å². The van der Waals surface area contributed by atoms with Gasteiger partial charge in [-0.1, -0.05) is 56.5 Å². The first-order valence-electron chi connectivity index (χ1n) is 6.67. The highest BCUT2D eigenvalue weighted by Gasteiger charge is 2.37. The van der Waals surface area contributed by atoms with E-state index in [1.807, 2.05) is 37.3 Å². The van der Waals surface area contributed by atoms with Gasteiger partial charge in [-0.05, 0) is 18.4 Å². The van der Waals surface area contributed by atoms with Gasteiger partial charge in [-0.3, -0.25) is 10.0 Å². The molecule has 0 unspecified atom stereocenters. The molecule has 0 aromatic heterocycles. The van der Waals surface area contributed by atoms with Gasteiger partial charge in [0, 0.05) is 5.41 Å². The normalized spacial score (nSPS) is 18.3. The molecule has 1 aromatic rings. The molecule has 98 valence electrons. The molecule has 0 heterocycles. The molecular formula is C15H21NO2. The van der Waals surface area contributed by atoms with Gasteiger partial charge in [0.1, 0.15) is 0 Å². The summed E-state index contributed by atoms with van der Waals surface area (Å²) in [4.78, 5) is 12.3. The number of benzene rings is 1. The van der Waals surface area contributed by atoms with Gasteiger partial charge in [-0.2, -0.15) is 0 Å². The minimum Gasteiger partial charge on any atom is -0.286 e. The number of amides is 1. The van der Waals surface area contributed by atoms with Crippen molar-refractivity contribution < 1.29 is 10.0 Å². The van der Waals surface area contributed by atoms with Crippen LogP contribution in [-0.4, -0.2) is 16.2 Å². The zero-order chi connectivity index (χ0) is 13.0. The van der Waals surface area contributed by atoms with Crippen LogP contribution < -0.4 is 0 Å². The number of nitrogens with zero attached hydrogens (tertiary/aromatic N) is 1. The van der Waals surface area contributed by atoms with Crippen molar-refractivity contribution in [2.75, 3.05) is 0 Å². The van der Waals surface area contributed by atoms with Crippen molar-refractivity contribution in [3.8, 4) is 0 Å². The third-order valence-corrected chi connectivity index (χ3v) is 3.88. The second-order valence-electron chi connectivity index (χ2n) is 5.47. The Bertz CT molecular complexity index is 396. The molecule has 3 heteroatoms. The Balaban J connectivity index is 2.00. The van der Waals surface area contributed by atoms with Crippen molar-refractivity contribution in [1.29, 1.82) is 0 Å². The van der Waals surface area contributed by atoms with Gasteiger partial charge in [0.05, 0.1) is 6.54 Å². The lowest BCUT2D eigenvalue weighted by molar-refractivity contribution is -0.181. The summed E-state index contributed by atoms with van der Waals surface area (Å²) in [5.74, 6) is -0.133. The van der Waals surface area contributed by atoms with E-state index in [4.69, 9.17) is 0 Å². The molecule has 1 N–H and O–H groups in total. The fraction of sp³-hybridized carbons (Fsp3) is 0.533. The Morgan fingerprint density at radius 1 is 1.22 bits per heavy atom.